The Morgan fingerprint density at radius 3 is 2.12 bits per heavy atom. The third-order valence-corrected chi connectivity index (χ3v) is 7.39. The van der Waals surface area contributed by atoms with E-state index in [1.54, 1.807) is 31.2 Å². The topological polar surface area (TPSA) is 78.9 Å². The summed E-state index contributed by atoms with van der Waals surface area (Å²) in [5, 5.41) is 13.3. The summed E-state index contributed by atoms with van der Waals surface area (Å²) in [5.74, 6) is 6.20. The Balaban J connectivity index is 1.39. The van der Waals surface area contributed by atoms with Gasteiger partial charge in [0.1, 0.15) is 0 Å². The van der Waals surface area contributed by atoms with Gasteiger partial charge >= 0.3 is 5.97 Å². The molecule has 6 nitrogen and oxygen atoms in total. The lowest BCUT2D eigenvalue weighted by Crippen LogP contribution is -2.21. The first-order chi connectivity index (χ1) is 21.0. The molecule has 5 aromatic rings. The molecule has 6 rings (SSSR count). The number of aliphatic carboxylic acids is 1. The molecule has 43 heavy (non-hydrogen) atoms. The zero-order chi connectivity index (χ0) is 29.8. The van der Waals surface area contributed by atoms with Gasteiger partial charge in [-0.15, -0.1) is 0 Å². The van der Waals surface area contributed by atoms with Crippen LogP contribution in [0.3, 0.4) is 0 Å². The van der Waals surface area contributed by atoms with Crippen molar-refractivity contribution in [1.29, 1.82) is 0 Å². The van der Waals surface area contributed by atoms with Gasteiger partial charge in [-0.25, -0.2) is 0 Å². The van der Waals surface area contributed by atoms with Gasteiger partial charge in [0.05, 0.1) is 29.5 Å². The second-order valence-electron chi connectivity index (χ2n) is 10.1. The van der Waals surface area contributed by atoms with Crippen molar-refractivity contribution >= 4 is 34.5 Å². The molecule has 0 saturated carbocycles. The number of ether oxygens (including phenoxy) is 1. The second kappa shape index (κ2) is 12.0. The minimum absolute atomic E-state index is 0.134. The first kappa shape index (κ1) is 27.4. The van der Waals surface area contributed by atoms with Gasteiger partial charge in [-0.3, -0.25) is 9.59 Å². The highest BCUT2D eigenvalue weighted by atomic mass is 16.5. The molecule has 1 aliphatic rings. The molecule has 0 amide bonds. The Morgan fingerprint density at radius 2 is 1.42 bits per heavy atom. The zero-order valence-corrected chi connectivity index (χ0v) is 23.5. The van der Waals surface area contributed by atoms with E-state index in [9.17, 15) is 14.7 Å². The Hall–Kier alpha value is -5.80. The van der Waals surface area contributed by atoms with E-state index < -0.39 is 11.9 Å². The van der Waals surface area contributed by atoms with Gasteiger partial charge in [-0.05, 0) is 55.0 Å². The number of rotatable bonds is 7. The second-order valence-corrected chi connectivity index (χ2v) is 10.1. The van der Waals surface area contributed by atoms with Crippen LogP contribution < -0.4 is 15.0 Å². The maximum atomic E-state index is 13.4. The summed E-state index contributed by atoms with van der Waals surface area (Å²) >= 11 is 0. The third-order valence-electron chi connectivity index (χ3n) is 7.39. The van der Waals surface area contributed by atoms with Crippen LogP contribution in [0.15, 0.2) is 121 Å². The summed E-state index contributed by atoms with van der Waals surface area (Å²) in [6.07, 6.45) is 0. The van der Waals surface area contributed by atoms with Crippen LogP contribution in [-0.4, -0.2) is 23.4 Å². The van der Waals surface area contributed by atoms with Gasteiger partial charge in [-0.1, -0.05) is 90.7 Å². The number of fused-ring (bicyclic) bond motifs is 2. The number of carbonyl (C=O) groups is 2. The highest BCUT2D eigenvalue weighted by molar-refractivity contribution is 6.12. The van der Waals surface area contributed by atoms with Crippen molar-refractivity contribution in [3.63, 3.8) is 0 Å². The Morgan fingerprint density at radius 1 is 0.791 bits per heavy atom. The lowest BCUT2D eigenvalue weighted by molar-refractivity contribution is -0.138. The summed E-state index contributed by atoms with van der Waals surface area (Å²) in [6.45, 7) is 2.02. The summed E-state index contributed by atoms with van der Waals surface area (Å²) in [6, 6.07) is 37.4. The molecule has 210 valence electrons. The van der Waals surface area contributed by atoms with Gasteiger partial charge in [0.2, 0.25) is 0 Å². The number of nitrogens with one attached hydrogen (secondary N) is 1. The van der Waals surface area contributed by atoms with Crippen LogP contribution in [0.5, 0.6) is 11.5 Å². The highest BCUT2D eigenvalue weighted by Gasteiger charge is 2.24. The Bertz CT molecular complexity index is 1840. The smallest absolute Gasteiger partial charge is 0.310 e. The Kier molecular flexibility index (Phi) is 7.62. The van der Waals surface area contributed by atoms with Crippen molar-refractivity contribution in [2.45, 2.75) is 12.8 Å². The molecule has 5 aromatic carbocycles. The summed E-state index contributed by atoms with van der Waals surface area (Å²) in [5.41, 5.74) is 5.19. The number of anilines is 4. The molecule has 2 N–H and O–H groups in total. The van der Waals surface area contributed by atoms with E-state index in [1.165, 1.54) is 0 Å². The van der Waals surface area contributed by atoms with E-state index in [4.69, 9.17) is 4.74 Å². The highest BCUT2D eigenvalue weighted by Crippen LogP contribution is 2.46. The Labute approximate surface area is 250 Å². The fraction of sp³-hybridized carbons (Fsp3) is 0.0811. The van der Waals surface area contributed by atoms with Crippen LogP contribution in [-0.2, 0) is 4.79 Å². The predicted octanol–water partition coefficient (Wildman–Crippen LogP) is 8.14. The predicted molar refractivity (Wildman–Crippen MR) is 169 cm³/mol. The summed E-state index contributed by atoms with van der Waals surface area (Å²) in [4.78, 5) is 27.6. The molecule has 0 unspecified atom stereocenters. The van der Waals surface area contributed by atoms with E-state index in [1.807, 2.05) is 97.1 Å². The SMILES string of the molecule is C[C@H](C(=O)O)c1cccc(C#CCN2c3ccccc3Oc3ccccc32)c1Nc1ccccc1C(=O)c1ccccc1. The molecule has 0 saturated heterocycles. The standard InChI is InChI=1S/C37H28N2O4/c1-25(37(41)42)28-18-11-15-26(35(28)38-30-19-6-5-17-29(30)36(40)27-13-3-2-4-14-27)16-12-24-39-31-20-7-9-22-33(31)43-34-23-10-8-21-32(34)39/h2-11,13-15,17-23,25,38H,24H2,1H3,(H,41,42)/t25-/m0/s1. The quantitative estimate of drug-likeness (QED) is 0.153. The molecule has 0 aliphatic carbocycles. The van der Waals surface area contributed by atoms with Crippen molar-refractivity contribution in [2.24, 2.45) is 0 Å². The molecular weight excluding hydrogens is 536 g/mol. The van der Waals surface area contributed by atoms with Crippen LogP contribution in [0.4, 0.5) is 22.7 Å². The van der Waals surface area contributed by atoms with Gasteiger partial charge in [0, 0.05) is 22.4 Å². The fourth-order valence-electron chi connectivity index (χ4n) is 5.14. The summed E-state index contributed by atoms with van der Waals surface area (Å²) < 4.78 is 6.10. The van der Waals surface area contributed by atoms with Crippen molar-refractivity contribution in [3.05, 3.63) is 144 Å². The monoisotopic (exact) mass is 564 g/mol. The van der Waals surface area contributed by atoms with Crippen LogP contribution in [0.1, 0.15) is 39.9 Å². The van der Waals surface area contributed by atoms with E-state index in [0.717, 1.165) is 22.9 Å². The van der Waals surface area contributed by atoms with Gasteiger partial charge in [0.15, 0.2) is 17.3 Å². The summed E-state index contributed by atoms with van der Waals surface area (Å²) in [7, 11) is 0. The van der Waals surface area contributed by atoms with E-state index in [2.05, 4.69) is 22.1 Å². The molecule has 6 heteroatoms. The number of nitrogens with zero attached hydrogens (tertiary/aromatic N) is 1. The number of carboxylic acid groups (broad SMARTS) is 1. The van der Waals surface area contributed by atoms with Crippen molar-refractivity contribution in [3.8, 4) is 23.3 Å². The van der Waals surface area contributed by atoms with E-state index >= 15 is 0 Å². The van der Waals surface area contributed by atoms with Crippen LogP contribution in [0.2, 0.25) is 0 Å². The van der Waals surface area contributed by atoms with Crippen molar-refractivity contribution in [2.75, 3.05) is 16.8 Å². The maximum absolute atomic E-state index is 13.4. The molecule has 0 spiro atoms. The van der Waals surface area contributed by atoms with Crippen molar-refractivity contribution in [1.82, 2.24) is 0 Å². The minimum atomic E-state index is -0.955. The first-order valence-corrected chi connectivity index (χ1v) is 13.9. The number of hydrogen-bond donors (Lipinski definition) is 2. The van der Waals surface area contributed by atoms with Gasteiger partial charge in [-0.2, -0.15) is 0 Å². The number of carboxylic acids is 1. The average molecular weight is 565 g/mol. The average Bonchev–Trinajstić information content (AvgIpc) is 3.05. The lowest BCUT2D eigenvalue weighted by Gasteiger charge is -2.31. The molecule has 1 atom stereocenters. The van der Waals surface area contributed by atoms with Crippen molar-refractivity contribution < 1.29 is 19.4 Å². The molecule has 0 bridgehead atoms. The number of hydrogen-bond acceptors (Lipinski definition) is 5. The lowest BCUT2D eigenvalue weighted by atomic mass is 9.95. The number of carbonyl (C=O) groups excluding carboxylic acids is 1. The number of ketones is 1. The largest absolute Gasteiger partial charge is 0.481 e. The normalized spacial score (nSPS) is 12.1. The first-order valence-electron chi connectivity index (χ1n) is 13.9. The van der Waals surface area contributed by atoms with E-state index in [0.29, 0.717) is 40.2 Å². The molecule has 1 heterocycles. The van der Waals surface area contributed by atoms with Crippen LogP contribution >= 0.6 is 0 Å². The maximum Gasteiger partial charge on any atom is 0.310 e. The number of para-hydroxylation sites is 6. The molecule has 0 aromatic heterocycles. The van der Waals surface area contributed by atoms with Gasteiger partial charge in [0.25, 0.3) is 0 Å². The zero-order valence-electron chi connectivity index (χ0n) is 23.5. The number of benzene rings is 5. The molecule has 0 fully saturated rings. The molecular formula is C37H28N2O4. The fourth-order valence-corrected chi connectivity index (χ4v) is 5.14. The van der Waals surface area contributed by atoms with Crippen LogP contribution in [0, 0.1) is 11.8 Å². The van der Waals surface area contributed by atoms with E-state index in [-0.39, 0.29) is 5.78 Å². The van der Waals surface area contributed by atoms with Gasteiger partial charge < -0.3 is 20.1 Å². The minimum Gasteiger partial charge on any atom is -0.481 e. The molecule has 1 aliphatic heterocycles. The molecule has 0 radical (unpaired) electrons. The third kappa shape index (κ3) is 5.57. The van der Waals surface area contributed by atoms with Crippen LogP contribution in [0.25, 0.3) is 0 Å².